The second-order valence-corrected chi connectivity index (χ2v) is 14.3. The molecular formula is C31H38N4O5S. The highest BCUT2D eigenvalue weighted by atomic mass is 32.2. The first-order chi connectivity index (χ1) is 19.5. The van der Waals surface area contributed by atoms with E-state index in [1.54, 1.807) is 17.0 Å². The van der Waals surface area contributed by atoms with Gasteiger partial charge in [0.2, 0.25) is 0 Å². The summed E-state index contributed by atoms with van der Waals surface area (Å²) in [6, 6.07) is 15.4. The van der Waals surface area contributed by atoms with Crippen molar-refractivity contribution in [1.29, 1.82) is 0 Å². The summed E-state index contributed by atoms with van der Waals surface area (Å²) in [6.07, 6.45) is 5.78. The van der Waals surface area contributed by atoms with Crippen molar-refractivity contribution >= 4 is 16.2 Å². The number of rotatable bonds is 9. The van der Waals surface area contributed by atoms with Gasteiger partial charge < -0.3 is 9.64 Å². The summed E-state index contributed by atoms with van der Waals surface area (Å²) in [6.45, 7) is 7.04. The molecule has 218 valence electrons. The molecule has 1 saturated heterocycles. The first kappa shape index (κ1) is 27.9. The number of hydrogen-bond donors (Lipinski definition) is 0. The van der Waals surface area contributed by atoms with Crippen LogP contribution in [0.2, 0.25) is 0 Å². The van der Waals surface area contributed by atoms with Crippen LogP contribution in [0.3, 0.4) is 0 Å². The van der Waals surface area contributed by atoms with Crippen LogP contribution in [-0.2, 0) is 24.8 Å². The number of amides is 1. The Hall–Kier alpha value is -3.24. The Bertz CT molecular complexity index is 1500. The van der Waals surface area contributed by atoms with E-state index in [0.29, 0.717) is 19.0 Å². The third-order valence-electron chi connectivity index (χ3n) is 7.98. The fourth-order valence-electron chi connectivity index (χ4n) is 5.49. The van der Waals surface area contributed by atoms with Crippen LogP contribution in [0.5, 0.6) is 0 Å². The molecule has 2 saturated carbocycles. The summed E-state index contributed by atoms with van der Waals surface area (Å²) >= 11 is 0. The second kappa shape index (κ2) is 10.9. The third-order valence-corrected chi connectivity index (χ3v) is 9.16. The monoisotopic (exact) mass is 578 g/mol. The molecule has 0 unspecified atom stereocenters. The Morgan fingerprint density at radius 3 is 2.41 bits per heavy atom. The minimum absolute atomic E-state index is 0.108. The molecule has 3 fully saturated rings. The lowest BCUT2D eigenvalue weighted by atomic mass is 9.81. The minimum Gasteiger partial charge on any atom is -0.444 e. The van der Waals surface area contributed by atoms with E-state index in [0.717, 1.165) is 53.9 Å². The molecule has 6 rings (SSSR count). The molecule has 2 aromatic heterocycles. The van der Waals surface area contributed by atoms with Gasteiger partial charge in [0.05, 0.1) is 24.0 Å². The average molecular weight is 579 g/mol. The van der Waals surface area contributed by atoms with E-state index in [1.807, 2.05) is 57.2 Å². The molecule has 9 nitrogen and oxygen atoms in total. The van der Waals surface area contributed by atoms with Gasteiger partial charge in [-0.15, -0.1) is 0 Å². The SMILES string of the molecule is CC(C)(C)OC(=O)N1CC(c2cccc(-c3cn(C4CC(COS(=O)(=O)Cc5ccccc5)C4)nc3C3CC3)n2)C1. The fourth-order valence-corrected chi connectivity index (χ4v) is 6.57. The van der Waals surface area contributed by atoms with Crippen molar-refractivity contribution in [2.45, 2.75) is 75.7 Å². The van der Waals surface area contributed by atoms with E-state index in [9.17, 15) is 13.2 Å². The quantitative estimate of drug-likeness (QED) is 0.302. The number of nitrogens with zero attached hydrogens (tertiary/aromatic N) is 4. The normalized spacial score (nSPS) is 21.3. The summed E-state index contributed by atoms with van der Waals surface area (Å²) in [5, 5.41) is 5.00. The van der Waals surface area contributed by atoms with Gasteiger partial charge in [-0.25, -0.2) is 4.79 Å². The summed E-state index contributed by atoms with van der Waals surface area (Å²) in [5.41, 5.74) is 4.29. The van der Waals surface area contributed by atoms with E-state index in [1.165, 1.54) is 0 Å². The first-order valence-electron chi connectivity index (χ1n) is 14.5. The average Bonchev–Trinajstić information content (AvgIpc) is 3.60. The van der Waals surface area contributed by atoms with Crippen molar-refractivity contribution in [3.63, 3.8) is 0 Å². The van der Waals surface area contributed by atoms with Gasteiger partial charge in [0.1, 0.15) is 11.4 Å². The van der Waals surface area contributed by atoms with Crippen molar-refractivity contribution in [3.05, 3.63) is 71.7 Å². The molecule has 0 atom stereocenters. The number of aromatic nitrogens is 3. The highest BCUT2D eigenvalue weighted by Crippen LogP contribution is 2.46. The van der Waals surface area contributed by atoms with E-state index in [4.69, 9.17) is 19.0 Å². The standard InChI is InChI=1S/C31H38N4O5S/c1-31(2,3)40-30(36)34-16-24(17-34)27-10-7-11-28(32-27)26-18-35(33-29(26)23-12-13-23)25-14-22(15-25)19-39-41(37,38)20-21-8-5-4-6-9-21/h4-11,18,22-25H,12-17,19-20H2,1-3H3. The van der Waals surface area contributed by atoms with Crippen molar-refractivity contribution in [2.24, 2.45) is 5.92 Å². The number of ether oxygens (including phenoxy) is 1. The maximum atomic E-state index is 12.4. The predicted octanol–water partition coefficient (Wildman–Crippen LogP) is 5.65. The Morgan fingerprint density at radius 2 is 1.73 bits per heavy atom. The molecule has 2 aliphatic carbocycles. The Balaban J connectivity index is 1.07. The molecule has 1 amide bonds. The van der Waals surface area contributed by atoms with Crippen LogP contribution >= 0.6 is 0 Å². The molecule has 0 N–H and O–H groups in total. The molecule has 0 bridgehead atoms. The lowest BCUT2D eigenvalue weighted by molar-refractivity contribution is 0.00788. The van der Waals surface area contributed by atoms with Gasteiger partial charge in [-0.2, -0.15) is 13.5 Å². The predicted molar refractivity (Wildman–Crippen MR) is 155 cm³/mol. The molecule has 1 aliphatic heterocycles. The Morgan fingerprint density at radius 1 is 1.00 bits per heavy atom. The molecule has 3 aliphatic rings. The van der Waals surface area contributed by atoms with Crippen molar-refractivity contribution in [3.8, 4) is 11.3 Å². The van der Waals surface area contributed by atoms with Crippen LogP contribution in [-0.4, -0.2) is 59.5 Å². The minimum atomic E-state index is -3.61. The van der Waals surface area contributed by atoms with Crippen molar-refractivity contribution in [2.75, 3.05) is 19.7 Å². The fraction of sp³-hybridized carbons (Fsp3) is 0.516. The van der Waals surface area contributed by atoms with Crippen LogP contribution in [0.15, 0.2) is 54.7 Å². The Kier molecular flexibility index (Phi) is 7.40. The third kappa shape index (κ3) is 6.64. The van der Waals surface area contributed by atoms with E-state index in [2.05, 4.69) is 10.9 Å². The van der Waals surface area contributed by atoms with Crippen molar-refractivity contribution < 1.29 is 22.1 Å². The number of hydrogen-bond acceptors (Lipinski definition) is 7. The zero-order chi connectivity index (χ0) is 28.8. The van der Waals surface area contributed by atoms with Gasteiger partial charge >= 0.3 is 6.09 Å². The maximum absolute atomic E-state index is 12.4. The van der Waals surface area contributed by atoms with Gasteiger partial charge in [0, 0.05) is 42.4 Å². The maximum Gasteiger partial charge on any atom is 0.410 e. The molecule has 10 heteroatoms. The lowest BCUT2D eigenvalue weighted by Crippen LogP contribution is -2.50. The lowest BCUT2D eigenvalue weighted by Gasteiger charge is -2.39. The molecule has 3 heterocycles. The first-order valence-corrected chi connectivity index (χ1v) is 16.1. The summed E-state index contributed by atoms with van der Waals surface area (Å²) in [7, 11) is -3.61. The van der Waals surface area contributed by atoms with Crippen LogP contribution in [0, 0.1) is 5.92 Å². The Labute approximate surface area is 242 Å². The second-order valence-electron chi connectivity index (χ2n) is 12.7. The summed E-state index contributed by atoms with van der Waals surface area (Å²) in [4.78, 5) is 19.1. The van der Waals surface area contributed by atoms with Crippen molar-refractivity contribution in [1.82, 2.24) is 19.7 Å². The summed E-state index contributed by atoms with van der Waals surface area (Å²) in [5.74, 6) is 0.733. The van der Waals surface area contributed by atoms with Gasteiger partial charge in [0.25, 0.3) is 10.1 Å². The van der Waals surface area contributed by atoms with E-state index in [-0.39, 0.29) is 36.3 Å². The molecular weight excluding hydrogens is 540 g/mol. The molecule has 0 radical (unpaired) electrons. The molecule has 1 aromatic carbocycles. The highest BCUT2D eigenvalue weighted by molar-refractivity contribution is 7.85. The number of carbonyl (C=O) groups excluding carboxylic acids is 1. The number of carbonyl (C=O) groups is 1. The van der Waals surface area contributed by atoms with Gasteiger partial charge in [-0.1, -0.05) is 36.4 Å². The number of pyridine rings is 1. The highest BCUT2D eigenvalue weighted by Gasteiger charge is 2.37. The van der Waals surface area contributed by atoms with Crippen LogP contribution < -0.4 is 0 Å². The smallest absolute Gasteiger partial charge is 0.410 e. The molecule has 0 spiro atoms. The van der Waals surface area contributed by atoms with E-state index >= 15 is 0 Å². The zero-order valence-electron chi connectivity index (χ0n) is 23.9. The topological polar surface area (TPSA) is 104 Å². The van der Waals surface area contributed by atoms with Crippen LogP contribution in [0.25, 0.3) is 11.3 Å². The zero-order valence-corrected chi connectivity index (χ0v) is 24.7. The number of likely N-dealkylation sites (tertiary alicyclic amines) is 1. The van der Waals surface area contributed by atoms with Gasteiger partial charge in [-0.3, -0.25) is 13.8 Å². The summed E-state index contributed by atoms with van der Waals surface area (Å²) < 4.78 is 37.7. The van der Waals surface area contributed by atoms with Crippen LogP contribution in [0.4, 0.5) is 4.79 Å². The largest absolute Gasteiger partial charge is 0.444 e. The van der Waals surface area contributed by atoms with E-state index < -0.39 is 15.7 Å². The number of benzene rings is 1. The molecule has 41 heavy (non-hydrogen) atoms. The van der Waals surface area contributed by atoms with Gasteiger partial charge in [0.15, 0.2) is 0 Å². The van der Waals surface area contributed by atoms with Gasteiger partial charge in [-0.05, 0) is 70.1 Å². The molecule has 3 aromatic rings. The van der Waals surface area contributed by atoms with Crippen LogP contribution in [0.1, 0.15) is 81.3 Å².